The molecule has 2 unspecified atom stereocenters. The summed E-state index contributed by atoms with van der Waals surface area (Å²) in [5.41, 5.74) is 0. The molecule has 1 aliphatic heterocycles. The van der Waals surface area contributed by atoms with Gasteiger partial charge in [0.05, 0.1) is 24.3 Å². The highest BCUT2D eigenvalue weighted by atomic mass is 35.5. The van der Waals surface area contributed by atoms with Crippen LogP contribution in [0.15, 0.2) is 24.3 Å². The Balaban J connectivity index is 1.94. The molecule has 21 heavy (non-hydrogen) atoms. The number of carbonyl (C=O) groups excluding carboxylic acids is 1. The second-order valence-corrected chi connectivity index (χ2v) is 5.18. The van der Waals surface area contributed by atoms with Gasteiger partial charge in [-0.2, -0.15) is 0 Å². The summed E-state index contributed by atoms with van der Waals surface area (Å²) >= 11 is 5.93. The van der Waals surface area contributed by atoms with Gasteiger partial charge in [0, 0.05) is 7.05 Å². The summed E-state index contributed by atoms with van der Waals surface area (Å²) < 4.78 is 10.5. The van der Waals surface area contributed by atoms with Gasteiger partial charge in [-0.05, 0) is 12.1 Å². The van der Waals surface area contributed by atoms with Gasteiger partial charge < -0.3 is 19.5 Å². The molecule has 1 fully saturated rings. The number of nitrogens with zero attached hydrogens (tertiary/aromatic N) is 1. The summed E-state index contributed by atoms with van der Waals surface area (Å²) in [4.78, 5) is 24.6. The monoisotopic (exact) mass is 313 g/mol. The van der Waals surface area contributed by atoms with Gasteiger partial charge in [0.1, 0.15) is 11.7 Å². The molecule has 1 amide bonds. The van der Waals surface area contributed by atoms with E-state index in [1.165, 1.54) is 4.90 Å². The number of aliphatic carboxylic acids is 1. The summed E-state index contributed by atoms with van der Waals surface area (Å²) in [5.74, 6) is -1.58. The van der Waals surface area contributed by atoms with Crippen molar-refractivity contribution in [1.82, 2.24) is 4.90 Å². The van der Waals surface area contributed by atoms with Crippen molar-refractivity contribution in [2.24, 2.45) is 5.92 Å². The lowest BCUT2D eigenvalue weighted by Gasteiger charge is -2.26. The van der Waals surface area contributed by atoms with Gasteiger partial charge in [0.2, 0.25) is 0 Å². The van der Waals surface area contributed by atoms with E-state index in [9.17, 15) is 9.59 Å². The van der Waals surface area contributed by atoms with Crippen molar-refractivity contribution in [3.8, 4) is 5.75 Å². The SMILES string of the molecule is CN(C(=O)COc1ccccc1Cl)C1COCC1C(=O)O. The molecule has 6 nitrogen and oxygen atoms in total. The molecule has 0 spiro atoms. The third-order valence-corrected chi connectivity index (χ3v) is 3.76. The number of hydrogen-bond donors (Lipinski definition) is 1. The Morgan fingerprint density at radius 1 is 1.43 bits per heavy atom. The molecule has 2 atom stereocenters. The van der Waals surface area contributed by atoms with Gasteiger partial charge in [-0.15, -0.1) is 0 Å². The van der Waals surface area contributed by atoms with E-state index in [4.69, 9.17) is 26.2 Å². The molecule has 1 aromatic carbocycles. The van der Waals surface area contributed by atoms with E-state index in [-0.39, 0.29) is 25.7 Å². The Bertz CT molecular complexity index is 536. The van der Waals surface area contributed by atoms with Crippen molar-refractivity contribution >= 4 is 23.5 Å². The smallest absolute Gasteiger partial charge is 0.311 e. The van der Waals surface area contributed by atoms with E-state index in [0.29, 0.717) is 10.8 Å². The average Bonchev–Trinajstić information content (AvgIpc) is 2.95. The third-order valence-electron chi connectivity index (χ3n) is 3.45. The van der Waals surface area contributed by atoms with Gasteiger partial charge in [-0.3, -0.25) is 9.59 Å². The molecule has 0 aromatic heterocycles. The molecular formula is C14H16ClNO5. The van der Waals surface area contributed by atoms with Crippen molar-refractivity contribution in [3.63, 3.8) is 0 Å². The molecule has 0 aliphatic carbocycles. The summed E-state index contributed by atoms with van der Waals surface area (Å²) in [5, 5.41) is 9.51. The van der Waals surface area contributed by atoms with Crippen LogP contribution in [-0.4, -0.2) is 54.8 Å². The quantitative estimate of drug-likeness (QED) is 0.886. The maximum Gasteiger partial charge on any atom is 0.311 e. The Morgan fingerprint density at radius 3 is 2.81 bits per heavy atom. The van der Waals surface area contributed by atoms with Gasteiger partial charge in [0.15, 0.2) is 6.61 Å². The van der Waals surface area contributed by atoms with Crippen LogP contribution in [0, 0.1) is 5.92 Å². The third kappa shape index (κ3) is 3.65. The molecule has 2 rings (SSSR count). The zero-order valence-electron chi connectivity index (χ0n) is 11.5. The minimum absolute atomic E-state index is 0.114. The highest BCUT2D eigenvalue weighted by molar-refractivity contribution is 6.32. The fourth-order valence-corrected chi connectivity index (χ4v) is 2.34. The number of benzene rings is 1. The zero-order valence-corrected chi connectivity index (χ0v) is 12.2. The number of para-hydroxylation sites is 1. The van der Waals surface area contributed by atoms with Crippen LogP contribution in [0.2, 0.25) is 5.02 Å². The number of carboxylic acid groups (broad SMARTS) is 1. The number of likely N-dealkylation sites (N-methyl/N-ethyl adjacent to an activating group) is 1. The number of halogens is 1. The number of hydrogen-bond acceptors (Lipinski definition) is 4. The van der Waals surface area contributed by atoms with E-state index in [0.717, 1.165) is 0 Å². The lowest BCUT2D eigenvalue weighted by Crippen LogP contribution is -2.45. The predicted molar refractivity (Wildman–Crippen MR) is 75.4 cm³/mol. The fraction of sp³-hybridized carbons (Fsp3) is 0.429. The van der Waals surface area contributed by atoms with Gasteiger partial charge >= 0.3 is 5.97 Å². The Kier molecular flexibility index (Phi) is 5.03. The zero-order chi connectivity index (χ0) is 15.4. The number of carboxylic acids is 1. The Hall–Kier alpha value is -1.79. The molecule has 1 aromatic rings. The van der Waals surface area contributed by atoms with Gasteiger partial charge in [0.25, 0.3) is 5.91 Å². The minimum atomic E-state index is -0.968. The first-order chi connectivity index (χ1) is 10.0. The van der Waals surface area contributed by atoms with Crippen molar-refractivity contribution in [2.45, 2.75) is 6.04 Å². The van der Waals surface area contributed by atoms with Crippen LogP contribution in [-0.2, 0) is 14.3 Å². The first kappa shape index (κ1) is 15.6. The molecule has 114 valence electrons. The standard InChI is InChI=1S/C14H16ClNO5/c1-16(11-7-20-6-9(11)14(18)19)13(17)8-21-12-5-3-2-4-10(12)15/h2-5,9,11H,6-8H2,1H3,(H,18,19). The van der Waals surface area contributed by atoms with E-state index >= 15 is 0 Å². The summed E-state index contributed by atoms with van der Waals surface area (Å²) in [7, 11) is 1.55. The van der Waals surface area contributed by atoms with Crippen molar-refractivity contribution < 1.29 is 24.2 Å². The van der Waals surface area contributed by atoms with Crippen LogP contribution in [0.1, 0.15) is 0 Å². The maximum absolute atomic E-state index is 12.1. The number of carbonyl (C=O) groups is 2. The highest BCUT2D eigenvalue weighted by Crippen LogP contribution is 2.23. The summed E-state index contributed by atoms with van der Waals surface area (Å²) in [6.07, 6.45) is 0. The van der Waals surface area contributed by atoms with Crippen LogP contribution in [0.5, 0.6) is 5.75 Å². The molecule has 1 aliphatic rings. The predicted octanol–water partition coefficient (Wildman–Crippen LogP) is 1.28. The summed E-state index contributed by atoms with van der Waals surface area (Å²) in [6.45, 7) is 0.122. The molecular weight excluding hydrogens is 298 g/mol. The molecule has 1 N–H and O–H groups in total. The largest absolute Gasteiger partial charge is 0.482 e. The van der Waals surface area contributed by atoms with Crippen molar-refractivity contribution in [1.29, 1.82) is 0 Å². The molecule has 0 saturated carbocycles. The number of amides is 1. The van der Waals surface area contributed by atoms with E-state index in [1.54, 1.807) is 31.3 Å². The lowest BCUT2D eigenvalue weighted by atomic mass is 10.0. The van der Waals surface area contributed by atoms with E-state index in [2.05, 4.69) is 0 Å². The van der Waals surface area contributed by atoms with Crippen LogP contribution >= 0.6 is 11.6 Å². The first-order valence-corrected chi connectivity index (χ1v) is 6.82. The lowest BCUT2D eigenvalue weighted by molar-refractivity contribution is -0.144. The van der Waals surface area contributed by atoms with Crippen molar-refractivity contribution in [3.05, 3.63) is 29.3 Å². The summed E-state index contributed by atoms with van der Waals surface area (Å²) in [6, 6.07) is 6.35. The average molecular weight is 314 g/mol. The second kappa shape index (κ2) is 6.78. The van der Waals surface area contributed by atoms with Crippen molar-refractivity contribution in [2.75, 3.05) is 26.9 Å². The molecule has 1 saturated heterocycles. The Morgan fingerprint density at radius 2 is 2.14 bits per heavy atom. The van der Waals surface area contributed by atoms with Gasteiger partial charge in [-0.25, -0.2) is 0 Å². The topological polar surface area (TPSA) is 76.1 Å². The van der Waals surface area contributed by atoms with Crippen LogP contribution < -0.4 is 4.74 Å². The molecule has 1 heterocycles. The normalized spacial score (nSPS) is 21.0. The van der Waals surface area contributed by atoms with Crippen LogP contribution in [0.4, 0.5) is 0 Å². The van der Waals surface area contributed by atoms with E-state index < -0.39 is 17.9 Å². The number of rotatable bonds is 5. The highest BCUT2D eigenvalue weighted by Gasteiger charge is 2.38. The minimum Gasteiger partial charge on any atom is -0.482 e. The second-order valence-electron chi connectivity index (χ2n) is 4.77. The molecule has 0 radical (unpaired) electrons. The van der Waals surface area contributed by atoms with E-state index in [1.807, 2.05) is 0 Å². The van der Waals surface area contributed by atoms with Crippen LogP contribution in [0.3, 0.4) is 0 Å². The first-order valence-electron chi connectivity index (χ1n) is 6.44. The fourth-order valence-electron chi connectivity index (χ4n) is 2.15. The Labute approximate surface area is 127 Å². The van der Waals surface area contributed by atoms with Gasteiger partial charge in [-0.1, -0.05) is 23.7 Å². The molecule has 7 heteroatoms. The number of ether oxygens (including phenoxy) is 2. The molecule has 0 bridgehead atoms. The van der Waals surface area contributed by atoms with Crippen LogP contribution in [0.25, 0.3) is 0 Å². The maximum atomic E-state index is 12.1.